The summed E-state index contributed by atoms with van der Waals surface area (Å²) in [7, 11) is 0. The van der Waals surface area contributed by atoms with Gasteiger partial charge in [-0.1, -0.05) is 6.07 Å². The predicted octanol–water partition coefficient (Wildman–Crippen LogP) is 1.49. The van der Waals surface area contributed by atoms with Gasteiger partial charge in [-0.25, -0.2) is 4.98 Å². The summed E-state index contributed by atoms with van der Waals surface area (Å²) in [6.45, 7) is 1.36. The first-order chi connectivity index (χ1) is 6.77. The lowest BCUT2D eigenvalue weighted by Crippen LogP contribution is -2.32. The number of nitrogens with zero attached hydrogens (tertiary/aromatic N) is 1. The van der Waals surface area contributed by atoms with E-state index in [1.807, 2.05) is 18.2 Å². The molecule has 0 saturated carbocycles. The first-order valence-corrected chi connectivity index (χ1v) is 5.38. The quantitative estimate of drug-likeness (QED) is 0.817. The Morgan fingerprint density at radius 2 is 2.43 bits per heavy atom. The van der Waals surface area contributed by atoms with Crippen LogP contribution in [-0.2, 0) is 10.2 Å². The van der Waals surface area contributed by atoms with E-state index in [4.69, 9.17) is 4.74 Å². The predicted molar refractivity (Wildman–Crippen MR) is 56.1 cm³/mol. The van der Waals surface area contributed by atoms with Gasteiger partial charge >= 0.3 is 0 Å². The average Bonchev–Trinajstić information content (AvgIpc) is 2.67. The maximum atomic E-state index is 9.43. The van der Waals surface area contributed by atoms with Crippen molar-refractivity contribution in [2.75, 3.05) is 19.8 Å². The normalized spacial score (nSPS) is 26.7. The van der Waals surface area contributed by atoms with Gasteiger partial charge in [0, 0.05) is 6.61 Å². The van der Waals surface area contributed by atoms with Crippen LogP contribution in [0.5, 0.6) is 0 Å². The fraction of sp³-hybridized carbons (Fsp3) is 0.500. The molecule has 0 aromatic carbocycles. The minimum atomic E-state index is -0.288. The van der Waals surface area contributed by atoms with Crippen LogP contribution in [0.3, 0.4) is 0 Å². The third kappa shape index (κ3) is 1.69. The lowest BCUT2D eigenvalue weighted by atomic mass is 9.84. The van der Waals surface area contributed by atoms with E-state index in [0.717, 1.165) is 16.7 Å². The topological polar surface area (TPSA) is 42.4 Å². The molecular weight excluding hydrogens is 246 g/mol. The smallest absolute Gasteiger partial charge is 0.106 e. The number of ether oxygens (including phenoxy) is 1. The highest BCUT2D eigenvalue weighted by atomic mass is 79.9. The number of hydrogen-bond donors (Lipinski definition) is 1. The van der Waals surface area contributed by atoms with E-state index in [9.17, 15) is 5.11 Å². The van der Waals surface area contributed by atoms with Crippen molar-refractivity contribution >= 4 is 15.9 Å². The summed E-state index contributed by atoms with van der Waals surface area (Å²) >= 11 is 3.33. The number of pyridine rings is 1. The number of halogens is 1. The molecule has 1 aromatic heterocycles. The van der Waals surface area contributed by atoms with Crippen LogP contribution in [0.2, 0.25) is 0 Å². The lowest BCUT2D eigenvalue weighted by molar-refractivity contribution is 0.138. The van der Waals surface area contributed by atoms with Gasteiger partial charge in [0.2, 0.25) is 0 Å². The Hall–Kier alpha value is -0.450. The van der Waals surface area contributed by atoms with Crippen LogP contribution in [0.1, 0.15) is 12.1 Å². The fourth-order valence-corrected chi connectivity index (χ4v) is 2.06. The Balaban J connectivity index is 2.35. The van der Waals surface area contributed by atoms with Crippen molar-refractivity contribution < 1.29 is 9.84 Å². The standard InChI is InChI=1S/C10H12BrNO2/c11-9-3-1-2-8(12-9)10(6-13)4-5-14-7-10/h1-3,13H,4-7H2. The van der Waals surface area contributed by atoms with Gasteiger partial charge in [0.15, 0.2) is 0 Å². The molecule has 0 bridgehead atoms. The Morgan fingerprint density at radius 1 is 1.57 bits per heavy atom. The molecule has 1 aromatic rings. The SMILES string of the molecule is OCC1(c2cccc(Br)n2)CCOC1. The second-order valence-electron chi connectivity index (χ2n) is 3.59. The lowest BCUT2D eigenvalue weighted by Gasteiger charge is -2.23. The van der Waals surface area contributed by atoms with E-state index in [1.165, 1.54) is 0 Å². The molecular formula is C10H12BrNO2. The zero-order valence-electron chi connectivity index (χ0n) is 7.74. The van der Waals surface area contributed by atoms with Gasteiger partial charge in [-0.05, 0) is 34.5 Å². The molecule has 1 unspecified atom stereocenters. The minimum Gasteiger partial charge on any atom is -0.395 e. The summed E-state index contributed by atoms with van der Waals surface area (Å²) in [5.41, 5.74) is 0.621. The van der Waals surface area contributed by atoms with E-state index in [1.54, 1.807) is 0 Å². The second kappa shape index (κ2) is 3.96. The molecule has 4 heteroatoms. The molecule has 76 valence electrons. The summed E-state index contributed by atoms with van der Waals surface area (Å²) in [6, 6.07) is 5.75. The van der Waals surface area contributed by atoms with E-state index in [2.05, 4.69) is 20.9 Å². The fourth-order valence-electron chi connectivity index (χ4n) is 1.72. The highest BCUT2D eigenvalue weighted by molar-refractivity contribution is 9.10. The van der Waals surface area contributed by atoms with Gasteiger partial charge in [0.25, 0.3) is 0 Å². The largest absolute Gasteiger partial charge is 0.395 e. The molecule has 14 heavy (non-hydrogen) atoms. The van der Waals surface area contributed by atoms with Crippen molar-refractivity contribution in [3.8, 4) is 0 Å². The second-order valence-corrected chi connectivity index (χ2v) is 4.40. The third-order valence-electron chi connectivity index (χ3n) is 2.66. The van der Waals surface area contributed by atoms with Gasteiger partial charge in [-0.15, -0.1) is 0 Å². The molecule has 0 radical (unpaired) electrons. The van der Waals surface area contributed by atoms with Gasteiger partial charge < -0.3 is 9.84 Å². The highest BCUT2D eigenvalue weighted by Gasteiger charge is 2.37. The molecule has 0 amide bonds. The molecule has 1 fully saturated rings. The molecule has 1 N–H and O–H groups in total. The van der Waals surface area contributed by atoms with Crippen molar-refractivity contribution in [1.29, 1.82) is 0 Å². The number of aromatic nitrogens is 1. The van der Waals surface area contributed by atoms with Crippen LogP contribution < -0.4 is 0 Å². The van der Waals surface area contributed by atoms with Crippen molar-refractivity contribution in [3.05, 3.63) is 28.5 Å². The number of hydrogen-bond acceptors (Lipinski definition) is 3. The number of aliphatic hydroxyl groups is 1. The van der Waals surface area contributed by atoms with E-state index in [-0.39, 0.29) is 12.0 Å². The van der Waals surface area contributed by atoms with Crippen LogP contribution in [0.25, 0.3) is 0 Å². The summed E-state index contributed by atoms with van der Waals surface area (Å²) in [5, 5.41) is 9.43. The molecule has 0 aliphatic carbocycles. The molecule has 1 atom stereocenters. The maximum absolute atomic E-state index is 9.43. The van der Waals surface area contributed by atoms with Gasteiger partial charge in [0.1, 0.15) is 4.60 Å². The molecule has 1 saturated heterocycles. The molecule has 1 aliphatic heterocycles. The van der Waals surface area contributed by atoms with Crippen LogP contribution in [-0.4, -0.2) is 29.9 Å². The van der Waals surface area contributed by atoms with Crippen molar-refractivity contribution in [2.45, 2.75) is 11.8 Å². The third-order valence-corrected chi connectivity index (χ3v) is 3.11. The molecule has 3 nitrogen and oxygen atoms in total. The Kier molecular flexibility index (Phi) is 2.85. The first kappa shape index (κ1) is 10.1. The van der Waals surface area contributed by atoms with Crippen LogP contribution in [0, 0.1) is 0 Å². The summed E-state index contributed by atoms with van der Waals surface area (Å²) in [6.07, 6.45) is 0.840. The first-order valence-electron chi connectivity index (χ1n) is 4.58. The molecule has 0 spiro atoms. The van der Waals surface area contributed by atoms with Crippen molar-refractivity contribution in [1.82, 2.24) is 4.98 Å². The van der Waals surface area contributed by atoms with Crippen molar-refractivity contribution in [2.24, 2.45) is 0 Å². The highest BCUT2D eigenvalue weighted by Crippen LogP contribution is 2.31. The van der Waals surface area contributed by atoms with Gasteiger partial charge in [-0.3, -0.25) is 0 Å². The summed E-state index contributed by atoms with van der Waals surface area (Å²) in [4.78, 5) is 4.37. The zero-order valence-corrected chi connectivity index (χ0v) is 9.33. The average molecular weight is 258 g/mol. The Bertz CT molecular complexity index is 324. The zero-order chi connectivity index (χ0) is 10.0. The summed E-state index contributed by atoms with van der Waals surface area (Å²) in [5.74, 6) is 0. The molecule has 1 aliphatic rings. The van der Waals surface area contributed by atoms with Crippen LogP contribution >= 0.6 is 15.9 Å². The van der Waals surface area contributed by atoms with Gasteiger partial charge in [-0.2, -0.15) is 0 Å². The van der Waals surface area contributed by atoms with Crippen LogP contribution in [0.4, 0.5) is 0 Å². The Morgan fingerprint density at radius 3 is 3.00 bits per heavy atom. The number of aliphatic hydroxyl groups excluding tert-OH is 1. The van der Waals surface area contributed by atoms with Crippen molar-refractivity contribution in [3.63, 3.8) is 0 Å². The van der Waals surface area contributed by atoms with E-state index < -0.39 is 0 Å². The monoisotopic (exact) mass is 257 g/mol. The number of rotatable bonds is 2. The molecule has 2 rings (SSSR count). The van der Waals surface area contributed by atoms with Gasteiger partial charge in [0.05, 0.1) is 24.3 Å². The Labute approximate surface area is 91.2 Å². The van der Waals surface area contributed by atoms with Crippen LogP contribution in [0.15, 0.2) is 22.8 Å². The van der Waals surface area contributed by atoms with E-state index in [0.29, 0.717) is 13.2 Å². The maximum Gasteiger partial charge on any atom is 0.106 e. The molecule has 2 heterocycles. The van der Waals surface area contributed by atoms with E-state index >= 15 is 0 Å². The summed E-state index contributed by atoms with van der Waals surface area (Å²) < 4.78 is 6.13. The minimum absolute atomic E-state index is 0.0937.